The van der Waals surface area contributed by atoms with Gasteiger partial charge in [-0.2, -0.15) is 0 Å². The summed E-state index contributed by atoms with van der Waals surface area (Å²) in [4.78, 5) is 72.9. The quantitative estimate of drug-likeness (QED) is 0.0222. The van der Waals surface area contributed by atoms with Gasteiger partial charge in [-0.05, 0) is 31.6 Å². The summed E-state index contributed by atoms with van der Waals surface area (Å²) in [7, 11) is -9.91. The van der Waals surface area contributed by atoms with Crippen molar-refractivity contribution in [2.45, 2.75) is 438 Å². The van der Waals surface area contributed by atoms with Crippen molar-refractivity contribution in [1.29, 1.82) is 0 Å². The number of aliphatic hydroxyl groups excluding tert-OH is 1. The van der Waals surface area contributed by atoms with E-state index in [9.17, 15) is 43.2 Å². The van der Waals surface area contributed by atoms with E-state index in [0.29, 0.717) is 25.7 Å². The van der Waals surface area contributed by atoms with Crippen molar-refractivity contribution in [2.75, 3.05) is 39.6 Å². The standard InChI is InChI=1S/C79H154O17P2/c1-6-9-12-15-18-21-24-26-28-29-30-31-33-35-39-44-49-54-59-64-78(83)95-75(69-90-77(82)63-58-53-48-43-38-34-32-27-25-22-19-16-13-10-7-2)71-94-98(87,88)92-67-73(80)66-91-97(85,86)93-70-74(68-89-76(81)62-57-52-47-42-23-20-17-14-11-8-3)96-79(84)65-60-55-50-45-40-36-37-41-46-51-56-61-72(4)5/h72-75,80H,6-71H2,1-5H3,(H,85,86)(H,87,88)/t73-,74+,75+/m0/s1. The fourth-order valence-corrected chi connectivity index (χ4v) is 13.8. The number of hydrogen-bond acceptors (Lipinski definition) is 15. The Morgan fingerprint density at radius 3 is 0.694 bits per heavy atom. The number of hydrogen-bond donors (Lipinski definition) is 3. The van der Waals surface area contributed by atoms with Crippen LogP contribution in [-0.2, 0) is 65.4 Å². The van der Waals surface area contributed by atoms with Gasteiger partial charge in [0.25, 0.3) is 0 Å². The molecule has 0 bridgehead atoms. The number of carbonyl (C=O) groups excluding carboxylic acids is 4. The normalized spacial score (nSPS) is 13.9. The van der Waals surface area contributed by atoms with Crippen LogP contribution in [0.15, 0.2) is 0 Å². The Morgan fingerprint density at radius 2 is 0.469 bits per heavy atom. The number of rotatable bonds is 79. The van der Waals surface area contributed by atoms with Crippen molar-refractivity contribution >= 4 is 39.5 Å². The molecule has 19 heteroatoms. The zero-order valence-corrected chi connectivity index (χ0v) is 65.7. The molecule has 0 radical (unpaired) electrons. The van der Waals surface area contributed by atoms with Crippen LogP contribution in [0, 0.1) is 5.92 Å². The Kier molecular flexibility index (Phi) is 70.6. The van der Waals surface area contributed by atoms with Crippen molar-refractivity contribution in [2.24, 2.45) is 5.92 Å². The summed E-state index contributed by atoms with van der Waals surface area (Å²) in [6, 6.07) is 0. The molecular weight excluding hydrogens is 1280 g/mol. The molecule has 17 nitrogen and oxygen atoms in total. The number of phosphoric ester groups is 2. The second-order valence-electron chi connectivity index (χ2n) is 28.9. The van der Waals surface area contributed by atoms with E-state index in [1.807, 2.05) is 0 Å². The molecule has 582 valence electrons. The lowest BCUT2D eigenvalue weighted by Gasteiger charge is -2.21. The zero-order chi connectivity index (χ0) is 71.9. The Morgan fingerprint density at radius 1 is 0.276 bits per heavy atom. The van der Waals surface area contributed by atoms with Crippen LogP contribution in [0.25, 0.3) is 0 Å². The van der Waals surface area contributed by atoms with E-state index in [-0.39, 0.29) is 25.7 Å². The lowest BCUT2D eigenvalue weighted by molar-refractivity contribution is -0.161. The van der Waals surface area contributed by atoms with Gasteiger partial charge >= 0.3 is 39.5 Å². The molecule has 0 aromatic heterocycles. The van der Waals surface area contributed by atoms with Gasteiger partial charge in [0.15, 0.2) is 12.2 Å². The molecule has 2 unspecified atom stereocenters. The maximum Gasteiger partial charge on any atom is 0.472 e. The van der Waals surface area contributed by atoms with Gasteiger partial charge in [-0.1, -0.05) is 369 Å². The number of unbranched alkanes of at least 4 members (excludes halogenated alkanes) is 51. The molecule has 0 fully saturated rings. The minimum atomic E-state index is -4.96. The van der Waals surface area contributed by atoms with Gasteiger partial charge in [-0.15, -0.1) is 0 Å². The summed E-state index contributed by atoms with van der Waals surface area (Å²) in [6.45, 7) is 7.31. The lowest BCUT2D eigenvalue weighted by Crippen LogP contribution is -2.30. The first kappa shape index (κ1) is 96.1. The predicted molar refractivity (Wildman–Crippen MR) is 400 cm³/mol. The first-order valence-corrected chi connectivity index (χ1v) is 44.1. The second kappa shape index (κ2) is 72.0. The fourth-order valence-electron chi connectivity index (χ4n) is 12.2. The molecule has 3 N–H and O–H groups in total. The maximum atomic E-state index is 13.1. The van der Waals surface area contributed by atoms with Crippen LogP contribution in [0.3, 0.4) is 0 Å². The van der Waals surface area contributed by atoms with Crippen LogP contribution >= 0.6 is 15.6 Å². The van der Waals surface area contributed by atoms with E-state index < -0.39 is 97.5 Å². The average molecular weight is 1440 g/mol. The van der Waals surface area contributed by atoms with E-state index in [2.05, 4.69) is 34.6 Å². The molecule has 0 aliphatic rings. The van der Waals surface area contributed by atoms with Crippen molar-refractivity contribution in [3.05, 3.63) is 0 Å². The van der Waals surface area contributed by atoms with E-state index >= 15 is 0 Å². The number of carbonyl (C=O) groups is 4. The predicted octanol–water partition coefficient (Wildman–Crippen LogP) is 23.6. The van der Waals surface area contributed by atoms with Crippen molar-refractivity contribution in [3.63, 3.8) is 0 Å². The summed E-state index contributed by atoms with van der Waals surface area (Å²) in [5.74, 6) is -1.34. The van der Waals surface area contributed by atoms with Crippen LogP contribution in [0.4, 0.5) is 0 Å². The number of aliphatic hydroxyl groups is 1. The van der Waals surface area contributed by atoms with Gasteiger partial charge in [0, 0.05) is 25.7 Å². The largest absolute Gasteiger partial charge is 0.472 e. The molecule has 0 spiro atoms. The highest BCUT2D eigenvalue weighted by Crippen LogP contribution is 2.45. The Hall–Kier alpha value is -1.94. The molecule has 0 aliphatic carbocycles. The summed E-state index contributed by atoms with van der Waals surface area (Å²) < 4.78 is 68.6. The van der Waals surface area contributed by atoms with E-state index in [0.717, 1.165) is 95.8 Å². The molecule has 98 heavy (non-hydrogen) atoms. The van der Waals surface area contributed by atoms with Crippen LogP contribution < -0.4 is 0 Å². The highest BCUT2D eigenvalue weighted by Gasteiger charge is 2.30. The summed E-state index contributed by atoms with van der Waals surface area (Å²) in [5.41, 5.74) is 0. The van der Waals surface area contributed by atoms with Gasteiger partial charge in [0.2, 0.25) is 0 Å². The van der Waals surface area contributed by atoms with Crippen LogP contribution in [0.5, 0.6) is 0 Å². The van der Waals surface area contributed by atoms with Crippen molar-refractivity contribution in [3.8, 4) is 0 Å². The van der Waals surface area contributed by atoms with Crippen LogP contribution in [0.1, 0.15) is 420 Å². The first-order chi connectivity index (χ1) is 47.5. The van der Waals surface area contributed by atoms with E-state index in [4.69, 9.17) is 37.0 Å². The molecule has 0 aromatic rings. The fraction of sp³-hybridized carbons (Fsp3) is 0.949. The van der Waals surface area contributed by atoms with Gasteiger partial charge in [-0.3, -0.25) is 37.3 Å². The summed E-state index contributed by atoms with van der Waals surface area (Å²) >= 11 is 0. The van der Waals surface area contributed by atoms with Gasteiger partial charge < -0.3 is 33.8 Å². The number of phosphoric acid groups is 2. The number of esters is 4. The van der Waals surface area contributed by atoms with Crippen LogP contribution in [0.2, 0.25) is 0 Å². The minimum Gasteiger partial charge on any atom is -0.462 e. The molecule has 0 saturated carbocycles. The zero-order valence-electron chi connectivity index (χ0n) is 63.9. The smallest absolute Gasteiger partial charge is 0.462 e. The third kappa shape index (κ3) is 72.4. The van der Waals surface area contributed by atoms with E-state index in [1.54, 1.807) is 0 Å². The maximum absolute atomic E-state index is 13.1. The third-order valence-electron chi connectivity index (χ3n) is 18.5. The highest BCUT2D eigenvalue weighted by atomic mass is 31.2. The third-order valence-corrected chi connectivity index (χ3v) is 20.4. The molecule has 0 aliphatic heterocycles. The monoisotopic (exact) mass is 1440 g/mol. The minimum absolute atomic E-state index is 0.107. The highest BCUT2D eigenvalue weighted by molar-refractivity contribution is 7.47. The molecular formula is C79H154O17P2. The number of ether oxygens (including phenoxy) is 4. The van der Waals surface area contributed by atoms with Crippen LogP contribution in [-0.4, -0.2) is 96.7 Å². The Balaban J connectivity index is 5.23. The summed E-state index contributed by atoms with van der Waals surface area (Å²) in [5, 5.41) is 10.6. The molecule has 0 rings (SSSR count). The topological polar surface area (TPSA) is 237 Å². The summed E-state index contributed by atoms with van der Waals surface area (Å²) in [6.07, 6.45) is 62.3. The molecule has 0 aromatic carbocycles. The van der Waals surface area contributed by atoms with Crippen molar-refractivity contribution < 1.29 is 80.2 Å². The SMILES string of the molecule is CCCCCCCCCCCCCCCCCCCCCC(=O)O[C@H](COC(=O)CCCCCCCCCCCCCCCCC)COP(=O)(O)OC[C@@H](O)COP(=O)(O)OC[C@@H](COC(=O)CCCCCCCCCCCC)OC(=O)CCCCCCCCCCCCCC(C)C. The van der Waals surface area contributed by atoms with Crippen molar-refractivity contribution in [1.82, 2.24) is 0 Å². The molecule has 5 atom stereocenters. The van der Waals surface area contributed by atoms with E-state index in [1.165, 1.54) is 244 Å². The van der Waals surface area contributed by atoms with Gasteiger partial charge in [0.1, 0.15) is 19.3 Å². The first-order valence-electron chi connectivity index (χ1n) is 41.1. The molecule has 0 amide bonds. The average Bonchev–Trinajstić information content (AvgIpc) is 1.02. The Bertz CT molecular complexity index is 1870. The molecule has 0 saturated heterocycles. The Labute approximate surface area is 600 Å². The molecule has 0 heterocycles. The van der Waals surface area contributed by atoms with Gasteiger partial charge in [0.05, 0.1) is 26.4 Å². The lowest BCUT2D eigenvalue weighted by atomic mass is 10.0. The second-order valence-corrected chi connectivity index (χ2v) is 31.8. The van der Waals surface area contributed by atoms with Gasteiger partial charge in [-0.25, -0.2) is 9.13 Å².